The van der Waals surface area contributed by atoms with Crippen LogP contribution in [0.1, 0.15) is 12.5 Å². The Bertz CT molecular complexity index is 1270. The highest BCUT2D eigenvalue weighted by Gasteiger charge is 2.52. The normalized spacial score (nSPS) is 22.3. The van der Waals surface area contributed by atoms with Crippen molar-refractivity contribution in [2.24, 2.45) is 5.73 Å². The van der Waals surface area contributed by atoms with Gasteiger partial charge in [0.15, 0.2) is 12.8 Å². The third kappa shape index (κ3) is 6.49. The summed E-state index contributed by atoms with van der Waals surface area (Å²) in [6.07, 6.45) is 4.72. The molecule has 3 heterocycles. The number of aldehydes is 1. The number of β-lactam (4-membered cyclic amide) rings is 1. The number of nitrogens with two attached hydrogens (primary N) is 1. The van der Waals surface area contributed by atoms with Crippen molar-refractivity contribution in [1.29, 1.82) is 0 Å². The predicted molar refractivity (Wildman–Crippen MR) is 150 cm³/mol. The van der Waals surface area contributed by atoms with Crippen LogP contribution in [-0.4, -0.2) is 92.4 Å². The van der Waals surface area contributed by atoms with Crippen molar-refractivity contribution >= 4 is 53.5 Å². The zero-order chi connectivity index (χ0) is 29.4. The van der Waals surface area contributed by atoms with Crippen LogP contribution in [-0.2, 0) is 23.9 Å². The molecule has 3 aliphatic rings. The van der Waals surface area contributed by atoms with E-state index in [1.807, 2.05) is 0 Å². The molecule has 0 spiro atoms. The SMILES string of the molecule is C=C/C(=C\C=[NH+]CC1=C(C(=O)OC)N2C(=O)C(N)C2SC1)c1ccc(N2CC(CNC)OC2=O)cc1F.CC=O. The molecular formula is C27H33FN5O6S+. The molecule has 3 unspecified atom stereocenters. The number of benzene rings is 1. The highest BCUT2D eigenvalue weighted by molar-refractivity contribution is 8.00. The number of rotatable bonds is 9. The fraction of sp³-hybridized carbons (Fsp3) is 0.370. The highest BCUT2D eigenvalue weighted by atomic mass is 32.2. The van der Waals surface area contributed by atoms with E-state index < -0.39 is 23.9 Å². The summed E-state index contributed by atoms with van der Waals surface area (Å²) in [5.74, 6) is -0.909. The molecule has 3 atom stereocenters. The fourth-order valence-electron chi connectivity index (χ4n) is 4.37. The summed E-state index contributed by atoms with van der Waals surface area (Å²) in [4.78, 5) is 51.4. The average Bonchev–Trinajstić information content (AvgIpc) is 3.32. The molecule has 0 saturated carbocycles. The molecule has 4 rings (SSSR count). The number of carbonyl (C=O) groups is 4. The molecule has 0 aromatic heterocycles. The first-order valence-electron chi connectivity index (χ1n) is 12.4. The van der Waals surface area contributed by atoms with Crippen LogP contribution in [0.5, 0.6) is 0 Å². The molecule has 40 heavy (non-hydrogen) atoms. The maximum Gasteiger partial charge on any atom is 0.414 e. The summed E-state index contributed by atoms with van der Waals surface area (Å²) in [6.45, 7) is 6.33. The van der Waals surface area contributed by atoms with Gasteiger partial charge in [0.25, 0.3) is 0 Å². The van der Waals surface area contributed by atoms with Crippen molar-refractivity contribution in [3.05, 3.63) is 59.6 Å². The summed E-state index contributed by atoms with van der Waals surface area (Å²) >= 11 is 1.49. The number of ether oxygens (including phenoxy) is 2. The van der Waals surface area contributed by atoms with E-state index in [4.69, 9.17) is 20.0 Å². The molecule has 2 saturated heterocycles. The van der Waals surface area contributed by atoms with E-state index in [9.17, 15) is 14.4 Å². The molecule has 11 nitrogen and oxygen atoms in total. The molecule has 0 radical (unpaired) electrons. The number of cyclic esters (lactones) is 1. The van der Waals surface area contributed by atoms with Crippen molar-refractivity contribution < 1.29 is 38.0 Å². The third-order valence-electron chi connectivity index (χ3n) is 6.26. The van der Waals surface area contributed by atoms with E-state index in [0.29, 0.717) is 41.2 Å². The number of hydrogen-bond acceptors (Lipinski definition) is 9. The number of fused-ring (bicyclic) bond motifs is 1. The Balaban J connectivity index is 0.00000141. The van der Waals surface area contributed by atoms with Gasteiger partial charge < -0.3 is 25.3 Å². The van der Waals surface area contributed by atoms with E-state index in [0.717, 1.165) is 6.29 Å². The number of nitrogens with zero attached hydrogens (tertiary/aromatic N) is 2. The van der Waals surface area contributed by atoms with Crippen molar-refractivity contribution in [3.8, 4) is 0 Å². The van der Waals surface area contributed by atoms with E-state index in [-0.39, 0.29) is 29.6 Å². The number of thioether (sulfide) groups is 1. The number of methoxy groups -OCH3 is 1. The summed E-state index contributed by atoms with van der Waals surface area (Å²) in [5, 5.41) is 2.68. The molecule has 0 aliphatic carbocycles. The molecule has 13 heteroatoms. The molecule has 4 N–H and O–H groups in total. The lowest BCUT2D eigenvalue weighted by molar-refractivity contribution is -0.440. The first-order valence-corrected chi connectivity index (χ1v) is 13.5. The second-order valence-electron chi connectivity index (χ2n) is 8.83. The molecule has 2 amide bonds. The van der Waals surface area contributed by atoms with Crippen LogP contribution in [0.3, 0.4) is 0 Å². The Morgan fingerprint density at radius 3 is 2.75 bits per heavy atom. The minimum Gasteiger partial charge on any atom is -0.464 e. The standard InChI is InChI=1S/C25H28FN5O5S.C2H4O/c1-4-14(18-6-5-16(9-19(18)26)30-12-17(11-28-2)36-25(30)34)7-8-29-10-15-13-37-23-20(27)22(32)31(23)21(15)24(33)35-3;1-2-3/h4-9,17,20,23,28H,1,10-13,27H2,2-3H3;2H,1H3/p+1/b14-7+,29-8?;. The number of halogens is 1. The first-order chi connectivity index (χ1) is 19.2. The van der Waals surface area contributed by atoms with Crippen LogP contribution >= 0.6 is 11.8 Å². The number of anilines is 1. The topological polar surface area (TPSA) is 145 Å². The van der Waals surface area contributed by atoms with Gasteiger partial charge in [0.1, 0.15) is 35.3 Å². The Kier molecular flexibility index (Phi) is 10.8. The highest BCUT2D eigenvalue weighted by Crippen LogP contribution is 2.39. The molecule has 1 aromatic carbocycles. The summed E-state index contributed by atoms with van der Waals surface area (Å²) in [5.41, 5.74) is 7.99. The number of carbonyl (C=O) groups excluding carboxylic acids is 4. The number of likely N-dealkylation sites (N-methyl/N-ethyl adjacent to an activating group) is 1. The zero-order valence-corrected chi connectivity index (χ0v) is 23.3. The van der Waals surface area contributed by atoms with Crippen LogP contribution < -0.4 is 20.9 Å². The van der Waals surface area contributed by atoms with Gasteiger partial charge in [-0.1, -0.05) is 12.7 Å². The van der Waals surface area contributed by atoms with Crippen molar-refractivity contribution in [2.75, 3.05) is 44.4 Å². The largest absolute Gasteiger partial charge is 0.464 e. The Morgan fingerprint density at radius 2 is 2.12 bits per heavy atom. The Hall–Kier alpha value is -3.81. The second-order valence-corrected chi connectivity index (χ2v) is 9.93. The Labute approximate surface area is 235 Å². The molecule has 2 fully saturated rings. The minimum atomic E-state index is -0.629. The Morgan fingerprint density at radius 1 is 1.40 bits per heavy atom. The molecule has 0 bridgehead atoms. The second kappa shape index (κ2) is 14.0. The molecular weight excluding hydrogens is 541 g/mol. The van der Waals surface area contributed by atoms with Gasteiger partial charge in [0, 0.05) is 29.5 Å². The quantitative estimate of drug-likeness (QED) is 0.122. The molecule has 1 aromatic rings. The van der Waals surface area contributed by atoms with Gasteiger partial charge in [0.05, 0.1) is 19.3 Å². The van der Waals surface area contributed by atoms with Crippen LogP contribution in [0, 0.1) is 5.82 Å². The van der Waals surface area contributed by atoms with Gasteiger partial charge in [0.2, 0.25) is 5.91 Å². The lowest BCUT2D eigenvalue weighted by Crippen LogP contribution is -2.72. The average molecular weight is 575 g/mol. The molecule has 3 aliphatic heterocycles. The smallest absolute Gasteiger partial charge is 0.414 e. The van der Waals surface area contributed by atoms with E-state index in [1.54, 1.807) is 31.5 Å². The number of allylic oxidation sites excluding steroid dienone is 3. The van der Waals surface area contributed by atoms with Gasteiger partial charge in [-0.15, -0.1) is 11.8 Å². The summed E-state index contributed by atoms with van der Waals surface area (Å²) in [7, 11) is 3.03. The van der Waals surface area contributed by atoms with Crippen molar-refractivity contribution in [1.82, 2.24) is 10.2 Å². The van der Waals surface area contributed by atoms with E-state index in [1.165, 1.54) is 47.7 Å². The maximum absolute atomic E-state index is 15.0. The van der Waals surface area contributed by atoms with Gasteiger partial charge in [-0.3, -0.25) is 14.6 Å². The maximum atomic E-state index is 15.0. The minimum absolute atomic E-state index is 0.214. The third-order valence-corrected chi connectivity index (χ3v) is 7.63. The number of esters is 1. The molecule has 214 valence electrons. The van der Waals surface area contributed by atoms with Crippen molar-refractivity contribution in [2.45, 2.75) is 24.4 Å². The van der Waals surface area contributed by atoms with Gasteiger partial charge in [-0.25, -0.2) is 19.0 Å². The van der Waals surface area contributed by atoms with Crippen LogP contribution in [0.15, 0.2) is 48.2 Å². The van der Waals surface area contributed by atoms with Crippen LogP contribution in [0.25, 0.3) is 5.57 Å². The van der Waals surface area contributed by atoms with Gasteiger partial charge in [-0.05, 0) is 37.7 Å². The monoisotopic (exact) mass is 574 g/mol. The predicted octanol–water partition coefficient (Wildman–Crippen LogP) is -0.0342. The first kappa shape index (κ1) is 30.7. The van der Waals surface area contributed by atoms with E-state index >= 15 is 4.39 Å². The lowest BCUT2D eigenvalue weighted by atomic mass is 10.0. The number of hydrogen-bond donors (Lipinski definition) is 3. The summed E-state index contributed by atoms with van der Waals surface area (Å²) < 4.78 is 25.2. The van der Waals surface area contributed by atoms with E-state index in [2.05, 4.69) is 16.9 Å². The van der Waals surface area contributed by atoms with Gasteiger partial charge in [-0.2, -0.15) is 0 Å². The number of nitrogens with one attached hydrogen (secondary N) is 2. The van der Waals surface area contributed by atoms with Crippen LogP contribution in [0.4, 0.5) is 14.9 Å². The fourth-order valence-corrected chi connectivity index (χ4v) is 5.66. The lowest BCUT2D eigenvalue weighted by Gasteiger charge is -2.47. The van der Waals surface area contributed by atoms with Crippen molar-refractivity contribution in [3.63, 3.8) is 0 Å². The summed E-state index contributed by atoms with van der Waals surface area (Å²) in [6, 6.07) is 3.90. The zero-order valence-electron chi connectivity index (χ0n) is 22.5. The van der Waals surface area contributed by atoms with Crippen LogP contribution in [0.2, 0.25) is 0 Å². The van der Waals surface area contributed by atoms with Gasteiger partial charge >= 0.3 is 12.1 Å². The number of amides is 2.